The molecule has 0 bridgehead atoms. The van der Waals surface area contributed by atoms with Crippen LogP contribution >= 0.6 is 56.8 Å². The van der Waals surface area contributed by atoms with Crippen LogP contribution in [0, 0.1) is 14.1 Å². The predicted octanol–water partition coefficient (Wildman–Crippen LogP) is 6.79. The van der Waals surface area contributed by atoms with E-state index in [9.17, 15) is 4.79 Å². The van der Waals surface area contributed by atoms with Crippen molar-refractivity contribution in [3.8, 4) is 11.5 Å². The molecule has 0 fully saturated rings. The number of cyclic esters (lactones) is 1. The third kappa shape index (κ3) is 5.70. The van der Waals surface area contributed by atoms with Crippen LogP contribution in [-0.2, 0) is 16.1 Å². The van der Waals surface area contributed by atoms with Gasteiger partial charge in [0.15, 0.2) is 17.2 Å². The second kappa shape index (κ2) is 10.4. The number of ether oxygens (including phenoxy) is 3. The Morgan fingerprint density at radius 3 is 2.67 bits per heavy atom. The molecular formula is C25H18ClI2NO4. The summed E-state index contributed by atoms with van der Waals surface area (Å²) in [6.07, 6.45) is 1.62. The highest BCUT2D eigenvalue weighted by Crippen LogP contribution is 2.38. The Kier molecular flexibility index (Phi) is 7.60. The standard InChI is InChI=1S/C25H18ClI2NO4/c1-14-8-17(6-7-20(14)28)24-29-21(25(30)33-24)11-16-10-19(26)23(22(12-16)31-2)32-13-15-4-3-5-18(27)9-15/h3-12H,13H2,1-2H3/b21-11-. The largest absolute Gasteiger partial charge is 0.493 e. The molecule has 8 heteroatoms. The van der Waals surface area contributed by atoms with Crippen LogP contribution in [0.25, 0.3) is 6.08 Å². The summed E-state index contributed by atoms with van der Waals surface area (Å²) in [4.78, 5) is 16.8. The van der Waals surface area contributed by atoms with Gasteiger partial charge in [-0.05, 0) is 117 Å². The molecule has 0 N–H and O–H groups in total. The molecule has 4 rings (SSSR count). The fourth-order valence-corrected chi connectivity index (χ4v) is 4.43. The first kappa shape index (κ1) is 24.0. The van der Waals surface area contributed by atoms with Crippen molar-refractivity contribution >= 4 is 74.7 Å². The maximum absolute atomic E-state index is 12.4. The quantitative estimate of drug-likeness (QED) is 0.163. The topological polar surface area (TPSA) is 57.1 Å². The molecule has 0 aliphatic carbocycles. The maximum Gasteiger partial charge on any atom is 0.363 e. The second-order valence-electron chi connectivity index (χ2n) is 7.25. The molecule has 33 heavy (non-hydrogen) atoms. The van der Waals surface area contributed by atoms with E-state index in [4.69, 9.17) is 25.8 Å². The van der Waals surface area contributed by atoms with Gasteiger partial charge in [-0.25, -0.2) is 9.79 Å². The minimum Gasteiger partial charge on any atom is -0.493 e. The lowest BCUT2D eigenvalue weighted by Gasteiger charge is -2.13. The minimum absolute atomic E-state index is 0.187. The van der Waals surface area contributed by atoms with Gasteiger partial charge in [0, 0.05) is 12.7 Å². The smallest absolute Gasteiger partial charge is 0.363 e. The zero-order valence-corrected chi connectivity index (χ0v) is 22.8. The van der Waals surface area contributed by atoms with Crippen LogP contribution in [0.5, 0.6) is 11.5 Å². The van der Waals surface area contributed by atoms with Crippen molar-refractivity contribution in [1.29, 1.82) is 0 Å². The molecular weight excluding hydrogens is 668 g/mol. The van der Waals surface area contributed by atoms with Crippen molar-refractivity contribution in [2.45, 2.75) is 13.5 Å². The van der Waals surface area contributed by atoms with E-state index in [1.807, 2.05) is 49.4 Å². The van der Waals surface area contributed by atoms with Crippen LogP contribution in [-0.4, -0.2) is 19.0 Å². The Morgan fingerprint density at radius 1 is 1.12 bits per heavy atom. The Hall–Kier alpha value is -2.11. The number of hydrogen-bond acceptors (Lipinski definition) is 5. The summed E-state index contributed by atoms with van der Waals surface area (Å²) < 4.78 is 19.1. The van der Waals surface area contributed by atoms with Gasteiger partial charge in [0.2, 0.25) is 5.90 Å². The lowest BCUT2D eigenvalue weighted by atomic mass is 10.1. The van der Waals surface area contributed by atoms with Crippen LogP contribution in [0.4, 0.5) is 0 Å². The molecule has 3 aromatic carbocycles. The minimum atomic E-state index is -0.518. The molecule has 0 aromatic heterocycles. The summed E-state index contributed by atoms with van der Waals surface area (Å²) in [7, 11) is 1.54. The molecule has 0 saturated carbocycles. The number of rotatable bonds is 6. The molecule has 0 amide bonds. The van der Waals surface area contributed by atoms with Crippen LogP contribution in [0.1, 0.15) is 22.3 Å². The van der Waals surface area contributed by atoms with Crippen LogP contribution in [0.15, 0.2) is 65.3 Å². The number of methoxy groups -OCH3 is 1. The van der Waals surface area contributed by atoms with Crippen LogP contribution in [0.2, 0.25) is 5.02 Å². The van der Waals surface area contributed by atoms with E-state index in [1.165, 1.54) is 0 Å². The van der Waals surface area contributed by atoms with E-state index in [1.54, 1.807) is 25.3 Å². The van der Waals surface area contributed by atoms with E-state index in [0.29, 0.717) is 28.7 Å². The lowest BCUT2D eigenvalue weighted by molar-refractivity contribution is -0.129. The van der Waals surface area contributed by atoms with Gasteiger partial charge in [0.25, 0.3) is 0 Å². The van der Waals surface area contributed by atoms with Gasteiger partial charge in [-0.1, -0.05) is 23.7 Å². The Morgan fingerprint density at radius 2 is 1.94 bits per heavy atom. The van der Waals surface area contributed by atoms with Gasteiger partial charge in [-0.2, -0.15) is 0 Å². The molecule has 0 atom stereocenters. The summed E-state index contributed by atoms with van der Waals surface area (Å²) in [6.45, 7) is 2.35. The summed E-state index contributed by atoms with van der Waals surface area (Å²) in [5.74, 6) is 0.660. The van der Waals surface area contributed by atoms with Crippen LogP contribution in [0.3, 0.4) is 0 Å². The van der Waals surface area contributed by atoms with Gasteiger partial charge in [-0.15, -0.1) is 0 Å². The predicted molar refractivity (Wildman–Crippen MR) is 146 cm³/mol. The lowest BCUT2D eigenvalue weighted by Crippen LogP contribution is -2.05. The fourth-order valence-electron chi connectivity index (χ4n) is 3.21. The highest BCUT2D eigenvalue weighted by molar-refractivity contribution is 14.1. The molecule has 1 heterocycles. The van der Waals surface area contributed by atoms with E-state index < -0.39 is 5.97 Å². The summed E-state index contributed by atoms with van der Waals surface area (Å²) in [5, 5.41) is 0.371. The zero-order chi connectivity index (χ0) is 23.5. The van der Waals surface area contributed by atoms with Crippen molar-refractivity contribution in [2.75, 3.05) is 7.11 Å². The normalized spacial score (nSPS) is 14.3. The number of aliphatic imine (C=N–C) groups is 1. The molecule has 0 unspecified atom stereocenters. The Labute approximate surface area is 224 Å². The average Bonchev–Trinajstić information content (AvgIpc) is 3.14. The highest BCUT2D eigenvalue weighted by atomic mass is 127. The number of hydrogen-bond donors (Lipinski definition) is 0. The number of carbonyl (C=O) groups is 1. The monoisotopic (exact) mass is 685 g/mol. The van der Waals surface area contributed by atoms with Crippen molar-refractivity contribution in [2.24, 2.45) is 4.99 Å². The maximum atomic E-state index is 12.4. The number of carbonyl (C=O) groups excluding carboxylic acids is 1. The molecule has 0 radical (unpaired) electrons. The van der Waals surface area contributed by atoms with Crippen molar-refractivity contribution in [3.63, 3.8) is 0 Å². The first-order valence-electron chi connectivity index (χ1n) is 9.88. The van der Waals surface area contributed by atoms with Gasteiger partial charge in [0.1, 0.15) is 6.61 Å². The summed E-state index contributed by atoms with van der Waals surface area (Å²) in [5.41, 5.74) is 3.69. The fraction of sp³-hybridized carbons (Fsp3) is 0.120. The number of nitrogens with zero attached hydrogens (tertiary/aromatic N) is 1. The molecule has 5 nitrogen and oxygen atoms in total. The van der Waals surface area contributed by atoms with Crippen molar-refractivity contribution < 1.29 is 19.0 Å². The van der Waals surface area contributed by atoms with Gasteiger partial charge < -0.3 is 14.2 Å². The first-order valence-corrected chi connectivity index (χ1v) is 12.4. The van der Waals surface area contributed by atoms with Gasteiger partial charge in [-0.3, -0.25) is 0 Å². The molecule has 1 aliphatic rings. The third-order valence-electron chi connectivity index (χ3n) is 4.85. The van der Waals surface area contributed by atoms with E-state index in [2.05, 4.69) is 50.2 Å². The van der Waals surface area contributed by atoms with Crippen LogP contribution < -0.4 is 9.47 Å². The molecule has 1 aliphatic heterocycles. The first-order chi connectivity index (χ1) is 15.8. The average molecular weight is 686 g/mol. The van der Waals surface area contributed by atoms with Crippen molar-refractivity contribution in [3.05, 3.63) is 94.7 Å². The number of halogens is 3. The van der Waals surface area contributed by atoms with E-state index in [0.717, 1.165) is 23.8 Å². The Balaban J connectivity index is 1.59. The molecule has 168 valence electrons. The molecule has 3 aromatic rings. The SMILES string of the molecule is COc1cc(/C=C2\N=C(c3ccc(I)c(C)c3)OC2=O)cc(Cl)c1OCc1cccc(I)c1. The third-order valence-corrected chi connectivity index (χ3v) is 7.01. The molecule has 0 saturated heterocycles. The van der Waals surface area contributed by atoms with Crippen molar-refractivity contribution in [1.82, 2.24) is 0 Å². The Bertz CT molecular complexity index is 1300. The highest BCUT2D eigenvalue weighted by Gasteiger charge is 2.25. The number of benzene rings is 3. The van der Waals surface area contributed by atoms with E-state index in [-0.39, 0.29) is 11.6 Å². The second-order valence-corrected chi connectivity index (χ2v) is 10.1. The van der Waals surface area contributed by atoms with E-state index >= 15 is 0 Å². The number of esters is 1. The zero-order valence-electron chi connectivity index (χ0n) is 17.7. The summed E-state index contributed by atoms with van der Waals surface area (Å²) >= 11 is 11.0. The number of aryl methyl sites for hydroxylation is 1. The molecule has 0 spiro atoms. The van der Waals surface area contributed by atoms with Gasteiger partial charge in [0.05, 0.1) is 12.1 Å². The van der Waals surface area contributed by atoms with Gasteiger partial charge >= 0.3 is 5.97 Å². The summed E-state index contributed by atoms with van der Waals surface area (Å²) in [6, 6.07) is 17.2.